The molecule has 2 N–H and O–H groups in total. The fourth-order valence-corrected chi connectivity index (χ4v) is 7.87. The van der Waals surface area contributed by atoms with Gasteiger partial charge in [-0.2, -0.15) is 0 Å². The van der Waals surface area contributed by atoms with Crippen LogP contribution >= 0.6 is 0 Å². The Kier molecular flexibility index (Phi) is 11.7. The van der Waals surface area contributed by atoms with Crippen LogP contribution in [0, 0.1) is 11.8 Å². The van der Waals surface area contributed by atoms with E-state index in [1.807, 2.05) is 24.3 Å². The van der Waals surface area contributed by atoms with Gasteiger partial charge in [0, 0.05) is 44.5 Å². The molecule has 5 heteroatoms. The van der Waals surface area contributed by atoms with Crippen molar-refractivity contribution in [2.24, 2.45) is 11.8 Å². The van der Waals surface area contributed by atoms with E-state index in [0.717, 1.165) is 27.8 Å². The van der Waals surface area contributed by atoms with Crippen LogP contribution in [-0.2, 0) is 28.0 Å². The Morgan fingerprint density at radius 2 is 1.18 bits per heavy atom. The summed E-state index contributed by atoms with van der Waals surface area (Å²) in [6.45, 7) is 5.75. The number of likely N-dealkylation sites (tertiary alicyclic amines) is 1. The fraction of sp³-hybridized carbons (Fsp3) is 0.318. The highest BCUT2D eigenvalue weighted by Crippen LogP contribution is 2.49. The lowest BCUT2D eigenvalue weighted by atomic mass is 9.59. The van der Waals surface area contributed by atoms with Gasteiger partial charge in [-0.25, -0.2) is 0 Å². The molecule has 0 aromatic heterocycles. The second kappa shape index (κ2) is 16.5. The van der Waals surface area contributed by atoms with E-state index < -0.39 is 17.6 Å². The number of benzene rings is 5. The molecule has 1 heterocycles. The van der Waals surface area contributed by atoms with Crippen molar-refractivity contribution in [1.82, 2.24) is 4.90 Å². The van der Waals surface area contributed by atoms with Crippen molar-refractivity contribution in [2.75, 3.05) is 33.4 Å². The molecule has 1 unspecified atom stereocenters. The highest BCUT2D eigenvalue weighted by molar-refractivity contribution is 5.52. The van der Waals surface area contributed by atoms with Gasteiger partial charge in [-0.05, 0) is 33.4 Å². The van der Waals surface area contributed by atoms with Crippen LogP contribution in [-0.4, -0.2) is 60.7 Å². The predicted molar refractivity (Wildman–Crippen MR) is 196 cm³/mol. The number of ether oxygens (including phenoxy) is 2. The number of rotatable bonds is 14. The molecule has 5 nitrogen and oxygen atoms in total. The highest BCUT2D eigenvalue weighted by Gasteiger charge is 2.51. The number of aliphatic hydroxyl groups excluding tert-OH is 2. The van der Waals surface area contributed by atoms with Crippen molar-refractivity contribution in [2.45, 2.75) is 43.6 Å². The molecule has 1 fully saturated rings. The topological polar surface area (TPSA) is 62.2 Å². The molecule has 1 aliphatic rings. The van der Waals surface area contributed by atoms with Crippen molar-refractivity contribution >= 4 is 0 Å². The molecular weight excluding hydrogens is 606 g/mol. The smallest absolute Gasteiger partial charge is 0.0765 e. The molecule has 5 atom stereocenters. The van der Waals surface area contributed by atoms with Gasteiger partial charge in [-0.15, -0.1) is 0 Å². The first-order valence-electron chi connectivity index (χ1n) is 17.4. The molecule has 0 saturated carbocycles. The van der Waals surface area contributed by atoms with E-state index >= 15 is 0 Å². The first kappa shape index (κ1) is 34.8. The maximum Gasteiger partial charge on any atom is 0.0765 e. The molecule has 1 aliphatic heterocycles. The first-order chi connectivity index (χ1) is 24.0. The Balaban J connectivity index is 1.42. The van der Waals surface area contributed by atoms with Gasteiger partial charge in [0.05, 0.1) is 37.4 Å². The van der Waals surface area contributed by atoms with Gasteiger partial charge in [0.25, 0.3) is 0 Å². The Hall–Kier alpha value is -4.10. The second-order valence-corrected chi connectivity index (χ2v) is 13.6. The zero-order valence-electron chi connectivity index (χ0n) is 28.6. The minimum atomic E-state index is -0.894. The summed E-state index contributed by atoms with van der Waals surface area (Å²) in [6.07, 6.45) is -1.57. The Morgan fingerprint density at radius 3 is 1.69 bits per heavy atom. The maximum atomic E-state index is 13.3. The van der Waals surface area contributed by atoms with E-state index in [4.69, 9.17) is 9.47 Å². The number of nitrogens with zero attached hydrogens (tertiary/aromatic N) is 1. The quantitative estimate of drug-likeness (QED) is 0.122. The van der Waals surface area contributed by atoms with Crippen molar-refractivity contribution in [3.05, 3.63) is 179 Å². The van der Waals surface area contributed by atoms with E-state index in [1.54, 1.807) is 7.11 Å². The molecule has 0 aliphatic carbocycles. The third-order valence-corrected chi connectivity index (χ3v) is 10.1. The van der Waals surface area contributed by atoms with E-state index in [1.165, 1.54) is 5.56 Å². The van der Waals surface area contributed by atoms with Crippen molar-refractivity contribution in [1.29, 1.82) is 0 Å². The average molecular weight is 656 g/mol. The summed E-state index contributed by atoms with van der Waals surface area (Å²) >= 11 is 0. The SMILES string of the molecule is COC[C@H](C)COCc1ccc([C@@H]2[C@@H](O)CN(Cc3ccccc3)C[C@H]2C(O)C(c2ccccc2)(c2ccccc2)c2ccccc2)cc1. The number of aliphatic hydroxyl groups is 2. The van der Waals surface area contributed by atoms with Crippen LogP contribution < -0.4 is 0 Å². The summed E-state index contributed by atoms with van der Waals surface area (Å²) in [5.41, 5.74) is 5.44. The van der Waals surface area contributed by atoms with Crippen molar-refractivity contribution in [3.8, 4) is 0 Å². The van der Waals surface area contributed by atoms with Crippen LogP contribution in [0.25, 0.3) is 0 Å². The van der Waals surface area contributed by atoms with Gasteiger partial charge in [-0.3, -0.25) is 4.90 Å². The first-order valence-corrected chi connectivity index (χ1v) is 17.4. The Morgan fingerprint density at radius 1 is 0.673 bits per heavy atom. The van der Waals surface area contributed by atoms with Gasteiger partial charge in [-0.1, -0.05) is 153 Å². The summed E-state index contributed by atoms with van der Waals surface area (Å²) in [5.74, 6) is -0.291. The van der Waals surface area contributed by atoms with E-state index in [9.17, 15) is 10.2 Å². The van der Waals surface area contributed by atoms with E-state index in [0.29, 0.717) is 45.4 Å². The van der Waals surface area contributed by atoms with Gasteiger partial charge in [0.1, 0.15) is 0 Å². The van der Waals surface area contributed by atoms with Crippen LogP contribution in [0.15, 0.2) is 146 Å². The van der Waals surface area contributed by atoms with Gasteiger partial charge in [0.2, 0.25) is 0 Å². The molecule has 0 amide bonds. The summed E-state index contributed by atoms with van der Waals surface area (Å²) in [6, 6.07) is 50.0. The molecule has 254 valence electrons. The standard InChI is InChI=1S/C44H49NO4/c1-33(30-48-2)31-49-32-35-23-25-36(26-24-35)42-40(28-45(29-41(42)46)27-34-15-7-3-8-16-34)43(47)44(37-17-9-4-10-18-37,38-19-11-5-12-20-38)39-21-13-6-14-22-39/h3-26,33,40-43,46-47H,27-32H2,1-2H3/t33-,40+,41-,42-,43?/m0/s1. The zero-order valence-corrected chi connectivity index (χ0v) is 28.6. The molecular formula is C44H49NO4. The van der Waals surface area contributed by atoms with Gasteiger partial charge >= 0.3 is 0 Å². The van der Waals surface area contributed by atoms with Crippen LogP contribution in [0.5, 0.6) is 0 Å². The molecule has 49 heavy (non-hydrogen) atoms. The second-order valence-electron chi connectivity index (χ2n) is 13.6. The van der Waals surface area contributed by atoms with Gasteiger partial charge < -0.3 is 19.7 Å². The third-order valence-electron chi connectivity index (χ3n) is 10.1. The van der Waals surface area contributed by atoms with Crippen molar-refractivity contribution in [3.63, 3.8) is 0 Å². The highest BCUT2D eigenvalue weighted by atomic mass is 16.5. The summed E-state index contributed by atoms with van der Waals surface area (Å²) in [4.78, 5) is 2.31. The minimum Gasteiger partial charge on any atom is -0.391 e. The summed E-state index contributed by atoms with van der Waals surface area (Å²) in [5, 5.41) is 25.4. The van der Waals surface area contributed by atoms with E-state index in [2.05, 4.69) is 133 Å². The molecule has 5 aromatic carbocycles. The maximum absolute atomic E-state index is 13.3. The summed E-state index contributed by atoms with van der Waals surface area (Å²) in [7, 11) is 1.71. The predicted octanol–water partition coefficient (Wildman–Crippen LogP) is 7.46. The lowest BCUT2D eigenvalue weighted by molar-refractivity contribution is -0.0483. The molecule has 0 spiro atoms. The molecule has 0 bridgehead atoms. The van der Waals surface area contributed by atoms with Crippen LogP contribution in [0.4, 0.5) is 0 Å². The largest absolute Gasteiger partial charge is 0.391 e. The number of methoxy groups -OCH3 is 1. The average Bonchev–Trinajstić information content (AvgIpc) is 3.14. The fourth-order valence-electron chi connectivity index (χ4n) is 7.87. The van der Waals surface area contributed by atoms with Crippen LogP contribution in [0.3, 0.4) is 0 Å². The zero-order chi connectivity index (χ0) is 34.1. The summed E-state index contributed by atoms with van der Waals surface area (Å²) < 4.78 is 11.2. The Labute approximate surface area is 291 Å². The van der Waals surface area contributed by atoms with Crippen molar-refractivity contribution < 1.29 is 19.7 Å². The normalized spacial score (nSPS) is 19.7. The van der Waals surface area contributed by atoms with Gasteiger partial charge in [0.15, 0.2) is 0 Å². The lowest BCUT2D eigenvalue weighted by Crippen LogP contribution is -2.56. The molecule has 6 rings (SSSR count). The monoisotopic (exact) mass is 655 g/mol. The lowest BCUT2D eigenvalue weighted by Gasteiger charge is -2.50. The number of hydrogen-bond acceptors (Lipinski definition) is 5. The third kappa shape index (κ3) is 7.88. The minimum absolute atomic E-state index is 0.297. The van der Waals surface area contributed by atoms with E-state index in [-0.39, 0.29) is 11.8 Å². The molecule has 0 radical (unpaired) electrons. The number of piperidine rings is 1. The Bertz CT molecular complexity index is 1590. The van der Waals surface area contributed by atoms with Crippen LogP contribution in [0.1, 0.15) is 46.2 Å². The molecule has 5 aromatic rings. The number of β-amino-alcohol motifs (C(OH)–C–C–N with tert-alkyl or cyclic N) is 1. The van der Waals surface area contributed by atoms with Crippen LogP contribution in [0.2, 0.25) is 0 Å². The number of hydrogen-bond donors (Lipinski definition) is 2. The molecule has 1 saturated heterocycles.